The summed E-state index contributed by atoms with van der Waals surface area (Å²) in [7, 11) is 1.80. The van der Waals surface area contributed by atoms with Crippen LogP contribution in [-0.4, -0.2) is 43.5 Å². The van der Waals surface area contributed by atoms with Gasteiger partial charge in [-0.1, -0.05) is 12.1 Å². The second-order valence-electron chi connectivity index (χ2n) is 6.61. The molecule has 1 unspecified atom stereocenters. The fourth-order valence-corrected chi connectivity index (χ4v) is 3.43. The topological polar surface area (TPSA) is 93.1 Å². The average Bonchev–Trinajstić information content (AvgIpc) is 3.13. The van der Waals surface area contributed by atoms with Gasteiger partial charge in [0.1, 0.15) is 11.6 Å². The predicted molar refractivity (Wildman–Crippen MR) is 92.6 cm³/mol. The lowest BCUT2D eigenvalue weighted by atomic mass is 9.94. The zero-order valence-corrected chi connectivity index (χ0v) is 13.9. The first-order valence-corrected chi connectivity index (χ1v) is 8.11. The number of aromatic nitrogens is 4. The number of benzene rings is 1. The number of nitrogen functional groups attached to an aromatic ring is 1. The Hall–Kier alpha value is -2.74. The molecule has 3 aromatic rings. The van der Waals surface area contributed by atoms with Crippen molar-refractivity contribution < 1.29 is 9.50 Å². The van der Waals surface area contributed by atoms with Gasteiger partial charge < -0.3 is 15.7 Å². The number of aliphatic hydroxyl groups is 1. The second kappa shape index (κ2) is 5.66. The number of halogens is 1. The minimum Gasteiger partial charge on any atom is -0.388 e. The van der Waals surface area contributed by atoms with Crippen LogP contribution in [0, 0.1) is 5.82 Å². The third-order valence-electron chi connectivity index (χ3n) is 4.67. The van der Waals surface area contributed by atoms with Crippen LogP contribution in [0.1, 0.15) is 12.0 Å². The normalized spacial score (nSPS) is 20.5. The molecule has 2 aromatic heterocycles. The molecule has 25 heavy (non-hydrogen) atoms. The van der Waals surface area contributed by atoms with Gasteiger partial charge in [-0.3, -0.25) is 4.68 Å². The van der Waals surface area contributed by atoms with Crippen LogP contribution in [0.5, 0.6) is 0 Å². The molecule has 1 atom stereocenters. The summed E-state index contributed by atoms with van der Waals surface area (Å²) < 4.78 is 14.7. The van der Waals surface area contributed by atoms with Gasteiger partial charge in [0.15, 0.2) is 5.65 Å². The van der Waals surface area contributed by atoms with E-state index in [9.17, 15) is 9.50 Å². The molecule has 1 aromatic carbocycles. The van der Waals surface area contributed by atoms with E-state index in [1.54, 1.807) is 30.1 Å². The van der Waals surface area contributed by atoms with Gasteiger partial charge in [0.25, 0.3) is 0 Å². The summed E-state index contributed by atoms with van der Waals surface area (Å²) in [6.45, 7) is 1.07. The number of rotatable bonds is 3. The van der Waals surface area contributed by atoms with Crippen molar-refractivity contribution >= 4 is 22.8 Å². The number of hydrogen-bond acceptors (Lipinski definition) is 6. The highest BCUT2D eigenvalue weighted by molar-refractivity contribution is 5.88. The van der Waals surface area contributed by atoms with Crippen molar-refractivity contribution in [1.29, 1.82) is 0 Å². The van der Waals surface area contributed by atoms with Crippen LogP contribution in [0.4, 0.5) is 16.2 Å². The van der Waals surface area contributed by atoms with Crippen molar-refractivity contribution in [1.82, 2.24) is 19.7 Å². The number of aryl methyl sites for hydroxylation is 1. The molecule has 1 aliphatic rings. The van der Waals surface area contributed by atoms with Crippen LogP contribution in [-0.2, 0) is 13.5 Å². The number of nitrogens with zero attached hydrogens (tertiary/aromatic N) is 5. The van der Waals surface area contributed by atoms with E-state index in [4.69, 9.17) is 5.73 Å². The Morgan fingerprint density at radius 2 is 2.04 bits per heavy atom. The van der Waals surface area contributed by atoms with Crippen molar-refractivity contribution in [2.45, 2.75) is 18.4 Å². The minimum absolute atomic E-state index is 0.181. The summed E-state index contributed by atoms with van der Waals surface area (Å²) in [4.78, 5) is 10.6. The van der Waals surface area contributed by atoms with E-state index in [1.165, 1.54) is 12.1 Å². The van der Waals surface area contributed by atoms with Crippen LogP contribution < -0.4 is 10.6 Å². The minimum atomic E-state index is -0.897. The van der Waals surface area contributed by atoms with Gasteiger partial charge in [-0.2, -0.15) is 15.1 Å². The fraction of sp³-hybridized carbons (Fsp3) is 0.353. The van der Waals surface area contributed by atoms with Gasteiger partial charge in [-0.25, -0.2) is 4.39 Å². The van der Waals surface area contributed by atoms with Crippen molar-refractivity contribution in [3.05, 3.63) is 41.8 Å². The van der Waals surface area contributed by atoms with E-state index in [2.05, 4.69) is 15.1 Å². The lowest BCUT2D eigenvalue weighted by Crippen LogP contribution is -2.35. The van der Waals surface area contributed by atoms with E-state index in [-0.39, 0.29) is 11.8 Å². The number of hydrogen-bond donors (Lipinski definition) is 2. The highest BCUT2D eigenvalue weighted by Gasteiger charge is 2.37. The predicted octanol–water partition coefficient (Wildman–Crippen LogP) is 1.27. The Morgan fingerprint density at radius 1 is 1.28 bits per heavy atom. The molecular formula is C17H19FN6O. The number of fused-ring (bicyclic) bond motifs is 1. The molecule has 0 spiro atoms. The third kappa shape index (κ3) is 2.89. The molecule has 1 fully saturated rings. The van der Waals surface area contributed by atoms with Gasteiger partial charge in [0.2, 0.25) is 5.95 Å². The molecule has 3 N–H and O–H groups in total. The highest BCUT2D eigenvalue weighted by atomic mass is 19.1. The summed E-state index contributed by atoms with van der Waals surface area (Å²) in [6.07, 6.45) is 2.76. The first kappa shape index (κ1) is 15.8. The molecule has 0 amide bonds. The Balaban J connectivity index is 1.61. The molecule has 0 saturated carbocycles. The van der Waals surface area contributed by atoms with Crippen molar-refractivity contribution in [3.63, 3.8) is 0 Å². The van der Waals surface area contributed by atoms with E-state index in [1.807, 2.05) is 4.90 Å². The summed E-state index contributed by atoms with van der Waals surface area (Å²) in [5.41, 5.74) is 6.51. The zero-order valence-electron chi connectivity index (χ0n) is 13.9. The highest BCUT2D eigenvalue weighted by Crippen LogP contribution is 2.32. The van der Waals surface area contributed by atoms with Crippen molar-refractivity contribution in [3.8, 4) is 0 Å². The molecular weight excluding hydrogens is 323 g/mol. The van der Waals surface area contributed by atoms with Crippen molar-refractivity contribution in [2.75, 3.05) is 23.7 Å². The maximum Gasteiger partial charge on any atom is 0.224 e. The first-order valence-electron chi connectivity index (χ1n) is 8.11. The van der Waals surface area contributed by atoms with Gasteiger partial charge in [0.05, 0.1) is 17.2 Å². The molecule has 1 saturated heterocycles. The zero-order chi connectivity index (χ0) is 17.6. The molecule has 0 bridgehead atoms. The van der Waals surface area contributed by atoms with Gasteiger partial charge in [0, 0.05) is 26.6 Å². The molecule has 1 aliphatic heterocycles. The van der Waals surface area contributed by atoms with Crippen LogP contribution >= 0.6 is 0 Å². The number of anilines is 2. The number of nitrogens with two attached hydrogens (primary N) is 1. The summed E-state index contributed by atoms with van der Waals surface area (Å²) in [5, 5.41) is 16.0. The van der Waals surface area contributed by atoms with E-state index in [0.29, 0.717) is 37.4 Å². The molecule has 0 radical (unpaired) electrons. The number of β-amino-alcohol motifs (C(OH)–C–C–N with tert-alkyl or cyclic N) is 1. The molecule has 130 valence electrons. The second-order valence-corrected chi connectivity index (χ2v) is 6.61. The van der Waals surface area contributed by atoms with Gasteiger partial charge >= 0.3 is 0 Å². The smallest absolute Gasteiger partial charge is 0.224 e. The first-order chi connectivity index (χ1) is 11.9. The Morgan fingerprint density at radius 3 is 2.80 bits per heavy atom. The third-order valence-corrected chi connectivity index (χ3v) is 4.67. The monoisotopic (exact) mass is 342 g/mol. The maximum absolute atomic E-state index is 13.1. The van der Waals surface area contributed by atoms with E-state index < -0.39 is 5.60 Å². The van der Waals surface area contributed by atoms with Crippen LogP contribution in [0.15, 0.2) is 30.5 Å². The Bertz CT molecular complexity index is 925. The van der Waals surface area contributed by atoms with Crippen molar-refractivity contribution in [2.24, 2.45) is 7.05 Å². The van der Waals surface area contributed by atoms with E-state index >= 15 is 0 Å². The van der Waals surface area contributed by atoms with E-state index in [0.717, 1.165) is 10.9 Å². The Labute approximate surface area is 143 Å². The standard InChI is InChI=1S/C17H19FN6O/c1-23-14-13(9-20-23)15(22-16(19)21-14)24-7-6-17(25,10-24)8-11-2-4-12(18)5-3-11/h2-5,9,25H,6-8,10H2,1H3,(H2,19,21,22). The van der Waals surface area contributed by atoms with Gasteiger partial charge in [-0.15, -0.1) is 0 Å². The Kier molecular flexibility index (Phi) is 3.57. The lowest BCUT2D eigenvalue weighted by Gasteiger charge is -2.24. The molecule has 7 nitrogen and oxygen atoms in total. The largest absolute Gasteiger partial charge is 0.388 e. The summed E-state index contributed by atoms with van der Waals surface area (Å²) >= 11 is 0. The molecule has 3 heterocycles. The maximum atomic E-state index is 13.1. The van der Waals surface area contributed by atoms with Crippen LogP contribution in [0.25, 0.3) is 11.0 Å². The SMILES string of the molecule is Cn1ncc2c(N3CCC(O)(Cc4ccc(F)cc4)C3)nc(N)nc21. The lowest BCUT2D eigenvalue weighted by molar-refractivity contribution is 0.0637. The van der Waals surface area contributed by atoms with Crippen LogP contribution in [0.2, 0.25) is 0 Å². The summed E-state index contributed by atoms with van der Waals surface area (Å²) in [6, 6.07) is 6.24. The quantitative estimate of drug-likeness (QED) is 0.745. The molecule has 0 aliphatic carbocycles. The van der Waals surface area contributed by atoms with Crippen LogP contribution in [0.3, 0.4) is 0 Å². The molecule has 8 heteroatoms. The molecule has 4 rings (SSSR count). The van der Waals surface area contributed by atoms with Gasteiger partial charge in [-0.05, 0) is 24.1 Å². The average molecular weight is 342 g/mol. The fourth-order valence-electron chi connectivity index (χ4n) is 3.43. The summed E-state index contributed by atoms with van der Waals surface area (Å²) in [5.74, 6) is 0.588.